The van der Waals surface area contributed by atoms with E-state index in [2.05, 4.69) is 5.32 Å². The first-order valence-electron chi connectivity index (χ1n) is 8.60. The highest BCUT2D eigenvalue weighted by molar-refractivity contribution is 6.30. The molecule has 0 saturated heterocycles. The van der Waals surface area contributed by atoms with Crippen molar-refractivity contribution in [3.8, 4) is 17.2 Å². The largest absolute Gasteiger partial charge is 0.497 e. The second kappa shape index (κ2) is 8.84. The van der Waals surface area contributed by atoms with E-state index in [0.29, 0.717) is 34.4 Å². The Bertz CT molecular complexity index is 885. The Morgan fingerprint density at radius 3 is 2.75 bits per heavy atom. The fourth-order valence-corrected chi connectivity index (χ4v) is 3.05. The second-order valence-electron chi connectivity index (χ2n) is 6.19. The summed E-state index contributed by atoms with van der Waals surface area (Å²) in [5, 5.41) is 3.22. The molecule has 8 heteroatoms. The van der Waals surface area contributed by atoms with Crippen LogP contribution in [0.15, 0.2) is 36.4 Å². The highest BCUT2D eigenvalue weighted by Gasteiger charge is 2.28. The first-order valence-corrected chi connectivity index (χ1v) is 8.97. The third-order valence-electron chi connectivity index (χ3n) is 4.29. The van der Waals surface area contributed by atoms with Crippen LogP contribution in [0.25, 0.3) is 0 Å². The monoisotopic (exact) mass is 405 g/mol. The van der Waals surface area contributed by atoms with E-state index in [1.807, 2.05) is 0 Å². The third kappa shape index (κ3) is 4.67. The molecule has 1 aliphatic rings. The van der Waals surface area contributed by atoms with Crippen LogP contribution < -0.4 is 19.5 Å². The van der Waals surface area contributed by atoms with E-state index in [9.17, 15) is 9.59 Å². The lowest BCUT2D eigenvalue weighted by Gasteiger charge is -2.24. The molecule has 3 rings (SSSR count). The SMILES string of the molecule is COc1ccc(NC(=O)COC(=O)[C@H]2COc3ccc(Cl)cc3C2)c(OC)c1. The van der Waals surface area contributed by atoms with Gasteiger partial charge in [-0.05, 0) is 42.3 Å². The summed E-state index contributed by atoms with van der Waals surface area (Å²) in [7, 11) is 3.02. The van der Waals surface area contributed by atoms with Crippen molar-refractivity contribution >= 4 is 29.2 Å². The first-order chi connectivity index (χ1) is 13.5. The van der Waals surface area contributed by atoms with Crippen LogP contribution >= 0.6 is 11.6 Å². The number of benzene rings is 2. The molecule has 0 fully saturated rings. The Balaban J connectivity index is 1.54. The summed E-state index contributed by atoms with van der Waals surface area (Å²) < 4.78 is 21.1. The minimum absolute atomic E-state index is 0.196. The highest BCUT2D eigenvalue weighted by Crippen LogP contribution is 2.31. The van der Waals surface area contributed by atoms with E-state index >= 15 is 0 Å². The van der Waals surface area contributed by atoms with Gasteiger partial charge in [-0.2, -0.15) is 0 Å². The number of methoxy groups -OCH3 is 2. The van der Waals surface area contributed by atoms with Gasteiger partial charge in [0.15, 0.2) is 6.61 Å². The lowest BCUT2D eigenvalue weighted by molar-refractivity contribution is -0.152. The zero-order valence-corrected chi connectivity index (χ0v) is 16.2. The number of ether oxygens (including phenoxy) is 4. The molecule has 148 valence electrons. The molecule has 0 radical (unpaired) electrons. The number of hydrogen-bond acceptors (Lipinski definition) is 6. The number of hydrogen-bond donors (Lipinski definition) is 1. The zero-order valence-electron chi connectivity index (χ0n) is 15.5. The summed E-state index contributed by atoms with van der Waals surface area (Å²) in [6, 6.07) is 10.2. The van der Waals surface area contributed by atoms with Gasteiger partial charge in [0.25, 0.3) is 5.91 Å². The van der Waals surface area contributed by atoms with Crippen molar-refractivity contribution in [1.29, 1.82) is 0 Å². The predicted octanol–water partition coefficient (Wildman–Crippen LogP) is 3.09. The van der Waals surface area contributed by atoms with Crippen LogP contribution in [0.1, 0.15) is 5.56 Å². The maximum atomic E-state index is 12.3. The van der Waals surface area contributed by atoms with Crippen LogP contribution in [-0.4, -0.2) is 39.3 Å². The number of halogens is 1. The molecule has 7 nitrogen and oxygen atoms in total. The Morgan fingerprint density at radius 1 is 1.18 bits per heavy atom. The molecule has 1 amide bonds. The molecule has 0 unspecified atom stereocenters. The fourth-order valence-electron chi connectivity index (χ4n) is 2.86. The van der Waals surface area contributed by atoms with Gasteiger partial charge in [0.2, 0.25) is 0 Å². The number of nitrogens with one attached hydrogen (secondary N) is 1. The number of rotatable bonds is 6. The normalized spacial score (nSPS) is 15.0. The van der Waals surface area contributed by atoms with Crippen LogP contribution in [0.5, 0.6) is 17.2 Å². The van der Waals surface area contributed by atoms with Gasteiger partial charge < -0.3 is 24.3 Å². The van der Waals surface area contributed by atoms with E-state index in [4.69, 9.17) is 30.5 Å². The molecular formula is C20H20ClNO6. The van der Waals surface area contributed by atoms with Gasteiger partial charge >= 0.3 is 5.97 Å². The van der Waals surface area contributed by atoms with E-state index in [0.717, 1.165) is 5.56 Å². The maximum absolute atomic E-state index is 12.3. The molecule has 28 heavy (non-hydrogen) atoms. The Labute approximate surface area is 167 Å². The highest BCUT2D eigenvalue weighted by atomic mass is 35.5. The Morgan fingerprint density at radius 2 is 2.00 bits per heavy atom. The van der Waals surface area contributed by atoms with Gasteiger partial charge in [-0.1, -0.05) is 11.6 Å². The standard InChI is InChI=1S/C20H20ClNO6/c1-25-15-4-5-16(18(9-15)26-2)22-19(23)11-28-20(24)13-7-12-8-14(21)3-6-17(12)27-10-13/h3-6,8-9,13H,7,10-11H2,1-2H3,(H,22,23)/t13-/m1/s1. The summed E-state index contributed by atoms with van der Waals surface area (Å²) in [5.41, 5.74) is 1.29. The van der Waals surface area contributed by atoms with Gasteiger partial charge in [0.05, 0.1) is 25.8 Å². The molecule has 1 N–H and O–H groups in total. The third-order valence-corrected chi connectivity index (χ3v) is 4.53. The Kier molecular flexibility index (Phi) is 6.26. The van der Waals surface area contributed by atoms with E-state index in [1.165, 1.54) is 14.2 Å². The number of anilines is 1. The van der Waals surface area contributed by atoms with Crippen molar-refractivity contribution < 1.29 is 28.5 Å². The summed E-state index contributed by atoms with van der Waals surface area (Å²) in [4.78, 5) is 24.4. The molecule has 0 spiro atoms. The first kappa shape index (κ1) is 19.8. The van der Waals surface area contributed by atoms with Crippen LogP contribution in [0.3, 0.4) is 0 Å². The van der Waals surface area contributed by atoms with Crippen LogP contribution in [-0.2, 0) is 20.7 Å². The minimum Gasteiger partial charge on any atom is -0.497 e. The number of amides is 1. The average molecular weight is 406 g/mol. The van der Waals surface area contributed by atoms with Gasteiger partial charge in [-0.25, -0.2) is 0 Å². The van der Waals surface area contributed by atoms with Crippen LogP contribution in [0.2, 0.25) is 5.02 Å². The van der Waals surface area contributed by atoms with Crippen LogP contribution in [0.4, 0.5) is 5.69 Å². The maximum Gasteiger partial charge on any atom is 0.313 e. The van der Waals surface area contributed by atoms with Gasteiger partial charge in [0.1, 0.15) is 23.9 Å². The molecule has 2 aromatic carbocycles. The van der Waals surface area contributed by atoms with Crippen molar-refractivity contribution in [1.82, 2.24) is 0 Å². The van der Waals surface area contributed by atoms with E-state index in [-0.39, 0.29) is 6.61 Å². The molecule has 0 saturated carbocycles. The summed E-state index contributed by atoms with van der Waals surface area (Å²) in [5.74, 6) is 0.277. The lowest BCUT2D eigenvalue weighted by Crippen LogP contribution is -2.32. The molecule has 2 aromatic rings. The zero-order chi connectivity index (χ0) is 20.1. The van der Waals surface area contributed by atoms with Gasteiger partial charge in [-0.3, -0.25) is 9.59 Å². The topological polar surface area (TPSA) is 83.1 Å². The molecular weight excluding hydrogens is 386 g/mol. The molecule has 1 heterocycles. The molecule has 0 aromatic heterocycles. The van der Waals surface area contributed by atoms with E-state index < -0.39 is 24.4 Å². The fraction of sp³-hybridized carbons (Fsp3) is 0.300. The van der Waals surface area contributed by atoms with Crippen LogP contribution in [0, 0.1) is 5.92 Å². The van der Waals surface area contributed by atoms with Crippen molar-refractivity contribution in [2.24, 2.45) is 5.92 Å². The molecule has 1 atom stereocenters. The lowest BCUT2D eigenvalue weighted by atomic mass is 9.97. The van der Waals surface area contributed by atoms with Gasteiger partial charge in [-0.15, -0.1) is 0 Å². The van der Waals surface area contributed by atoms with Crippen molar-refractivity contribution in [3.63, 3.8) is 0 Å². The average Bonchev–Trinajstić information content (AvgIpc) is 2.71. The van der Waals surface area contributed by atoms with Gasteiger partial charge in [0, 0.05) is 11.1 Å². The van der Waals surface area contributed by atoms with Crippen molar-refractivity contribution in [2.75, 3.05) is 32.8 Å². The van der Waals surface area contributed by atoms with E-state index in [1.54, 1.807) is 36.4 Å². The van der Waals surface area contributed by atoms with Crippen molar-refractivity contribution in [2.45, 2.75) is 6.42 Å². The predicted molar refractivity (Wildman–Crippen MR) is 103 cm³/mol. The number of fused-ring (bicyclic) bond motifs is 1. The second-order valence-corrected chi connectivity index (χ2v) is 6.62. The summed E-state index contributed by atoms with van der Waals surface area (Å²) in [6.45, 7) is -0.214. The number of carbonyl (C=O) groups excluding carboxylic acids is 2. The minimum atomic E-state index is -0.498. The summed E-state index contributed by atoms with van der Waals surface area (Å²) >= 11 is 5.98. The number of carbonyl (C=O) groups is 2. The summed E-state index contributed by atoms with van der Waals surface area (Å²) in [6.07, 6.45) is 0.447. The quantitative estimate of drug-likeness (QED) is 0.743. The molecule has 0 bridgehead atoms. The Hall–Kier alpha value is -2.93. The number of esters is 1. The molecule has 1 aliphatic heterocycles. The molecule has 0 aliphatic carbocycles. The van der Waals surface area contributed by atoms with Crippen molar-refractivity contribution in [3.05, 3.63) is 47.0 Å². The smallest absolute Gasteiger partial charge is 0.313 e.